The smallest absolute Gasteiger partial charge is 0.259 e. The van der Waals surface area contributed by atoms with Crippen LogP contribution >= 0.6 is 11.3 Å². The summed E-state index contributed by atoms with van der Waals surface area (Å²) in [7, 11) is 1.80. The third-order valence-electron chi connectivity index (χ3n) is 5.75. The van der Waals surface area contributed by atoms with Crippen molar-refractivity contribution in [3.8, 4) is 32.8 Å². The fourth-order valence-electron chi connectivity index (χ4n) is 4.02. The molecule has 4 nitrogen and oxygen atoms in total. The van der Waals surface area contributed by atoms with Gasteiger partial charge in [0.2, 0.25) is 0 Å². The van der Waals surface area contributed by atoms with Crippen LogP contribution in [0.2, 0.25) is 0 Å². The van der Waals surface area contributed by atoms with Gasteiger partial charge in [0.15, 0.2) is 0 Å². The highest BCUT2D eigenvalue weighted by molar-refractivity contribution is 7.13. The fourth-order valence-corrected chi connectivity index (χ4v) is 4.94. The molecule has 0 radical (unpaired) electrons. The number of benzene rings is 2. The van der Waals surface area contributed by atoms with E-state index in [1.165, 1.54) is 11.1 Å². The number of pyridine rings is 2. The molecular weight excluding hydrogens is 414 g/mol. The van der Waals surface area contributed by atoms with Crippen molar-refractivity contribution in [3.05, 3.63) is 99.8 Å². The van der Waals surface area contributed by atoms with Gasteiger partial charge in [-0.2, -0.15) is 0 Å². The quantitative estimate of drug-likeness (QED) is 0.427. The molecule has 0 aliphatic carbocycles. The van der Waals surface area contributed by atoms with Crippen LogP contribution in [0.1, 0.15) is 11.1 Å². The predicted octanol–water partition coefficient (Wildman–Crippen LogP) is 5.05. The molecule has 32 heavy (non-hydrogen) atoms. The molecule has 0 fully saturated rings. The molecule has 0 aliphatic heterocycles. The van der Waals surface area contributed by atoms with E-state index in [1.807, 2.05) is 30.5 Å². The van der Waals surface area contributed by atoms with Gasteiger partial charge in [-0.05, 0) is 35.6 Å². The lowest BCUT2D eigenvalue weighted by Gasteiger charge is -2.14. The summed E-state index contributed by atoms with van der Waals surface area (Å²) in [6.45, 7) is 2.83. The molecule has 0 bridgehead atoms. The summed E-state index contributed by atoms with van der Waals surface area (Å²) in [4.78, 5) is 19.4. The highest BCUT2D eigenvalue weighted by Crippen LogP contribution is 2.37. The second-order valence-corrected chi connectivity index (χ2v) is 8.95. The summed E-state index contributed by atoms with van der Waals surface area (Å²) in [5.41, 5.74) is 11.9. The van der Waals surface area contributed by atoms with E-state index in [2.05, 4.69) is 60.5 Å². The maximum absolute atomic E-state index is 13.2. The minimum absolute atomic E-state index is 0.0411. The average molecular weight is 439 g/mol. The van der Waals surface area contributed by atoms with E-state index in [-0.39, 0.29) is 5.56 Å². The van der Waals surface area contributed by atoms with E-state index >= 15 is 0 Å². The van der Waals surface area contributed by atoms with Crippen molar-refractivity contribution in [1.29, 1.82) is 0 Å². The average Bonchev–Trinajstić information content (AvgIpc) is 3.27. The Morgan fingerprint density at radius 2 is 1.72 bits per heavy atom. The first kappa shape index (κ1) is 20.4. The lowest BCUT2D eigenvalue weighted by atomic mass is 9.96. The molecule has 0 amide bonds. The van der Waals surface area contributed by atoms with Crippen molar-refractivity contribution < 1.29 is 5.73 Å². The van der Waals surface area contributed by atoms with Gasteiger partial charge in [0.25, 0.3) is 5.56 Å². The molecule has 3 N–H and O–H groups in total. The Balaban J connectivity index is 1.87. The summed E-state index contributed by atoms with van der Waals surface area (Å²) in [5.74, 6) is 0. The van der Waals surface area contributed by atoms with Crippen LogP contribution in [-0.2, 0) is 13.6 Å². The first-order valence-corrected chi connectivity index (χ1v) is 11.5. The maximum Gasteiger partial charge on any atom is 0.259 e. The summed E-state index contributed by atoms with van der Waals surface area (Å²) in [5, 5.41) is 2.76. The second kappa shape index (κ2) is 8.19. The van der Waals surface area contributed by atoms with Crippen LogP contribution in [0.25, 0.3) is 43.7 Å². The Hall–Kier alpha value is -3.54. The standard InChI is InChI=1S/C27H23N3OS/c1-17-12-24(32-16-17)23-15-30(2)27(31)22-13-21(19-6-4-3-5-7-19)25(29-26(22)23)20-10-8-18(14-28)9-11-20/h3-13,15-16H,14,28H2,1-2H3/p+1. The Morgan fingerprint density at radius 3 is 2.38 bits per heavy atom. The lowest BCUT2D eigenvalue weighted by molar-refractivity contribution is -0.386. The van der Waals surface area contributed by atoms with Gasteiger partial charge in [-0.3, -0.25) is 4.79 Å². The summed E-state index contributed by atoms with van der Waals surface area (Å²) in [6.07, 6.45) is 1.90. The van der Waals surface area contributed by atoms with Gasteiger partial charge in [0, 0.05) is 40.4 Å². The van der Waals surface area contributed by atoms with Gasteiger partial charge < -0.3 is 10.3 Å². The predicted molar refractivity (Wildman–Crippen MR) is 132 cm³/mol. The van der Waals surface area contributed by atoms with Crippen molar-refractivity contribution in [3.63, 3.8) is 0 Å². The molecule has 0 aliphatic rings. The zero-order valence-corrected chi connectivity index (χ0v) is 18.9. The molecule has 158 valence electrons. The van der Waals surface area contributed by atoms with E-state index in [1.54, 1.807) is 23.0 Å². The van der Waals surface area contributed by atoms with Crippen LogP contribution in [0.15, 0.2) is 83.1 Å². The molecule has 0 spiro atoms. The van der Waals surface area contributed by atoms with Crippen molar-refractivity contribution in [2.24, 2.45) is 7.05 Å². The molecule has 5 aromatic rings. The van der Waals surface area contributed by atoms with Crippen molar-refractivity contribution >= 4 is 22.2 Å². The Kier molecular flexibility index (Phi) is 5.21. The number of rotatable bonds is 4. The molecule has 2 aromatic carbocycles. The third kappa shape index (κ3) is 3.55. The van der Waals surface area contributed by atoms with Gasteiger partial charge in [0.1, 0.15) is 0 Å². The van der Waals surface area contributed by atoms with Crippen LogP contribution < -0.4 is 11.3 Å². The Morgan fingerprint density at radius 1 is 0.969 bits per heavy atom. The van der Waals surface area contributed by atoms with Gasteiger partial charge >= 0.3 is 0 Å². The van der Waals surface area contributed by atoms with Crippen LogP contribution in [0.3, 0.4) is 0 Å². The first-order chi connectivity index (χ1) is 15.5. The van der Waals surface area contributed by atoms with Crippen LogP contribution in [-0.4, -0.2) is 9.55 Å². The van der Waals surface area contributed by atoms with Crippen molar-refractivity contribution in [2.45, 2.75) is 13.5 Å². The summed E-state index contributed by atoms with van der Waals surface area (Å²) in [6, 6.07) is 22.7. The molecule has 0 atom stereocenters. The topological polar surface area (TPSA) is 62.5 Å². The summed E-state index contributed by atoms with van der Waals surface area (Å²) >= 11 is 1.68. The zero-order chi connectivity index (χ0) is 22.2. The van der Waals surface area contributed by atoms with E-state index in [4.69, 9.17) is 4.98 Å². The minimum Gasteiger partial charge on any atom is -0.354 e. The molecule has 3 aromatic heterocycles. The number of thiophene rings is 1. The van der Waals surface area contributed by atoms with Crippen LogP contribution in [0.4, 0.5) is 0 Å². The molecule has 0 saturated heterocycles. The molecule has 5 rings (SSSR count). The highest BCUT2D eigenvalue weighted by Gasteiger charge is 2.18. The molecule has 5 heteroatoms. The summed E-state index contributed by atoms with van der Waals surface area (Å²) < 4.78 is 1.66. The van der Waals surface area contributed by atoms with Crippen LogP contribution in [0, 0.1) is 6.92 Å². The minimum atomic E-state index is -0.0411. The number of nitrogens with zero attached hydrogens (tertiary/aromatic N) is 2. The molecule has 0 saturated carbocycles. The van der Waals surface area contributed by atoms with E-state index in [0.29, 0.717) is 5.39 Å². The van der Waals surface area contributed by atoms with E-state index in [9.17, 15) is 4.79 Å². The molecule has 3 heterocycles. The first-order valence-electron chi connectivity index (χ1n) is 10.6. The van der Waals surface area contributed by atoms with Gasteiger partial charge in [0.05, 0.1) is 23.1 Å². The number of quaternary nitrogens is 1. The zero-order valence-electron chi connectivity index (χ0n) is 18.1. The van der Waals surface area contributed by atoms with E-state index < -0.39 is 0 Å². The number of fused-ring (bicyclic) bond motifs is 1. The molecular formula is C27H24N3OS+. The van der Waals surface area contributed by atoms with Gasteiger partial charge in [-0.1, -0.05) is 54.6 Å². The second-order valence-electron chi connectivity index (χ2n) is 8.04. The number of aromatic nitrogens is 2. The lowest BCUT2D eigenvalue weighted by Crippen LogP contribution is -2.47. The highest BCUT2D eigenvalue weighted by atomic mass is 32.1. The van der Waals surface area contributed by atoms with Gasteiger partial charge in [-0.25, -0.2) is 4.98 Å². The largest absolute Gasteiger partial charge is 0.354 e. The van der Waals surface area contributed by atoms with E-state index in [0.717, 1.165) is 44.9 Å². The number of hydrogen-bond acceptors (Lipinski definition) is 3. The number of hydrogen-bond donors (Lipinski definition) is 1. The molecule has 0 unspecified atom stereocenters. The van der Waals surface area contributed by atoms with Crippen LogP contribution in [0.5, 0.6) is 0 Å². The monoisotopic (exact) mass is 438 g/mol. The van der Waals surface area contributed by atoms with Crippen molar-refractivity contribution in [2.75, 3.05) is 0 Å². The maximum atomic E-state index is 13.2. The Bertz CT molecular complexity index is 1480. The Labute approximate surface area is 190 Å². The normalized spacial score (nSPS) is 11.2. The third-order valence-corrected chi connectivity index (χ3v) is 6.83. The van der Waals surface area contributed by atoms with Gasteiger partial charge in [-0.15, -0.1) is 11.3 Å². The SMILES string of the molecule is Cc1csc(-c2cn(C)c(=O)c3cc(-c4ccccc4)c(-c4ccc(C[NH3+])cc4)nc23)c1. The fraction of sp³-hybridized carbons (Fsp3) is 0.111. The van der Waals surface area contributed by atoms with Crippen molar-refractivity contribution in [1.82, 2.24) is 9.55 Å². The number of aryl methyl sites for hydroxylation is 2.